The smallest absolute Gasteiger partial charge is 0.0788 e. The van der Waals surface area contributed by atoms with Crippen molar-refractivity contribution in [2.45, 2.75) is 0 Å². The largest absolute Gasteiger partial charge is 0.309 e. The third kappa shape index (κ3) is 4.81. The minimum Gasteiger partial charge on any atom is -0.309 e. The Morgan fingerprint density at radius 3 is 1.22 bits per heavy atom. The van der Waals surface area contributed by atoms with Gasteiger partial charge in [0.05, 0.1) is 39.5 Å². The van der Waals surface area contributed by atoms with Crippen LogP contribution in [0, 0.1) is 0 Å². The molecule has 0 aliphatic heterocycles. The standard InChI is InChI=1S/C57H35N3/c1-3-15-38-31-40(27-25-36(38)13-1)55-49-33-42(59-51-21-9-5-17-44(51)45-18-6-10-22-52(45)59)29-30-48(49)57-50(56(55)41-28-26-37-14-2-4-16-39(37)32-41)34-43(35-58-57)60-53-23-11-7-19-46(53)47-20-8-12-24-54(47)60/h1-35H. The SMILES string of the molecule is c1ccc2cc(-c3c(-c4ccc5ccccc5c4)c4cc(-n5c6ccccc6c6ccccc65)cnc4c4ccc(-n5c6ccccc6c6ccccc65)cc34)ccc2c1. The Kier molecular flexibility index (Phi) is 7.01. The van der Waals surface area contributed by atoms with Gasteiger partial charge < -0.3 is 9.13 Å². The summed E-state index contributed by atoms with van der Waals surface area (Å²) in [5.74, 6) is 0. The van der Waals surface area contributed by atoms with Crippen molar-refractivity contribution in [2.24, 2.45) is 0 Å². The van der Waals surface area contributed by atoms with Gasteiger partial charge in [-0.2, -0.15) is 0 Å². The van der Waals surface area contributed by atoms with Crippen LogP contribution in [-0.2, 0) is 0 Å². The molecule has 3 nitrogen and oxygen atoms in total. The molecule has 0 bridgehead atoms. The van der Waals surface area contributed by atoms with E-state index >= 15 is 0 Å². The zero-order valence-corrected chi connectivity index (χ0v) is 32.5. The van der Waals surface area contributed by atoms with Gasteiger partial charge >= 0.3 is 0 Å². The molecule has 13 rings (SSSR count). The Morgan fingerprint density at radius 1 is 0.283 bits per heavy atom. The van der Waals surface area contributed by atoms with E-state index in [0.29, 0.717) is 0 Å². The Hall–Kier alpha value is -8.01. The first-order valence-corrected chi connectivity index (χ1v) is 20.6. The van der Waals surface area contributed by atoms with Gasteiger partial charge in [-0.15, -0.1) is 0 Å². The summed E-state index contributed by atoms with van der Waals surface area (Å²) in [6, 6.07) is 75.5. The summed E-state index contributed by atoms with van der Waals surface area (Å²) in [6.45, 7) is 0. The van der Waals surface area contributed by atoms with Gasteiger partial charge in [-0.05, 0) is 104 Å². The van der Waals surface area contributed by atoms with Crippen molar-refractivity contribution in [3.05, 3.63) is 212 Å². The summed E-state index contributed by atoms with van der Waals surface area (Å²) in [5.41, 5.74) is 12.5. The summed E-state index contributed by atoms with van der Waals surface area (Å²) in [7, 11) is 0. The van der Waals surface area contributed by atoms with Crippen molar-refractivity contribution < 1.29 is 0 Å². The Labute approximate surface area is 345 Å². The van der Waals surface area contributed by atoms with E-state index in [9.17, 15) is 0 Å². The highest BCUT2D eigenvalue weighted by atomic mass is 15.0. The molecule has 0 fully saturated rings. The van der Waals surface area contributed by atoms with E-state index in [4.69, 9.17) is 4.98 Å². The zero-order chi connectivity index (χ0) is 39.3. The summed E-state index contributed by atoms with van der Waals surface area (Å²) in [5, 5.41) is 13.2. The van der Waals surface area contributed by atoms with Crippen LogP contribution in [0.1, 0.15) is 0 Å². The lowest BCUT2D eigenvalue weighted by Gasteiger charge is -2.21. The molecule has 3 heterocycles. The quantitative estimate of drug-likeness (QED) is 0.164. The number of nitrogens with zero attached hydrogens (tertiary/aromatic N) is 3. The minimum absolute atomic E-state index is 0.982. The Morgan fingerprint density at radius 2 is 0.700 bits per heavy atom. The van der Waals surface area contributed by atoms with Gasteiger partial charge in [0, 0.05) is 38.0 Å². The Balaban J connectivity index is 1.20. The van der Waals surface area contributed by atoms with E-state index in [2.05, 4.69) is 222 Å². The van der Waals surface area contributed by atoms with Gasteiger partial charge in [0.2, 0.25) is 0 Å². The van der Waals surface area contributed by atoms with E-state index in [0.717, 1.165) is 38.6 Å². The molecule has 0 amide bonds. The van der Waals surface area contributed by atoms with Crippen LogP contribution < -0.4 is 0 Å². The first-order valence-electron chi connectivity index (χ1n) is 20.6. The number of hydrogen-bond acceptors (Lipinski definition) is 1. The highest BCUT2D eigenvalue weighted by Crippen LogP contribution is 2.47. The van der Waals surface area contributed by atoms with Crippen LogP contribution >= 0.6 is 0 Å². The van der Waals surface area contributed by atoms with Crippen molar-refractivity contribution in [3.63, 3.8) is 0 Å². The predicted molar refractivity (Wildman–Crippen MR) is 254 cm³/mol. The maximum Gasteiger partial charge on any atom is 0.0788 e. The van der Waals surface area contributed by atoms with E-state index < -0.39 is 0 Å². The third-order valence-corrected chi connectivity index (χ3v) is 12.7. The third-order valence-electron chi connectivity index (χ3n) is 12.7. The fourth-order valence-electron chi connectivity index (χ4n) is 10.0. The average Bonchev–Trinajstić information content (AvgIpc) is 3.83. The average molecular weight is 762 g/mol. The van der Waals surface area contributed by atoms with Crippen molar-refractivity contribution in [2.75, 3.05) is 0 Å². The van der Waals surface area contributed by atoms with Crippen LogP contribution in [-0.4, -0.2) is 14.1 Å². The molecule has 10 aromatic carbocycles. The van der Waals surface area contributed by atoms with Gasteiger partial charge in [-0.3, -0.25) is 4.98 Å². The molecule has 0 atom stereocenters. The molecule has 60 heavy (non-hydrogen) atoms. The zero-order valence-electron chi connectivity index (χ0n) is 32.5. The molecule has 0 aliphatic carbocycles. The second-order valence-electron chi connectivity index (χ2n) is 15.9. The molecular weight excluding hydrogens is 727 g/mol. The van der Waals surface area contributed by atoms with Crippen LogP contribution in [0.4, 0.5) is 0 Å². The molecule has 3 heteroatoms. The van der Waals surface area contributed by atoms with E-state index in [-0.39, 0.29) is 0 Å². The lowest BCUT2D eigenvalue weighted by atomic mass is 9.85. The lowest BCUT2D eigenvalue weighted by Crippen LogP contribution is -1.99. The topological polar surface area (TPSA) is 22.8 Å². The van der Waals surface area contributed by atoms with Crippen LogP contribution in [0.15, 0.2) is 212 Å². The normalized spacial score (nSPS) is 12.0. The van der Waals surface area contributed by atoms with Gasteiger partial charge in [0.1, 0.15) is 0 Å². The molecule has 13 aromatic rings. The molecule has 3 aromatic heterocycles. The monoisotopic (exact) mass is 761 g/mol. The number of fused-ring (bicyclic) bond motifs is 11. The minimum atomic E-state index is 0.982. The molecule has 0 saturated heterocycles. The first-order chi connectivity index (χ1) is 29.8. The van der Waals surface area contributed by atoms with E-state index in [1.54, 1.807) is 0 Å². The van der Waals surface area contributed by atoms with Gasteiger partial charge in [0.25, 0.3) is 0 Å². The molecule has 0 unspecified atom stereocenters. The van der Waals surface area contributed by atoms with Gasteiger partial charge in [-0.1, -0.05) is 152 Å². The van der Waals surface area contributed by atoms with Gasteiger partial charge in [0.15, 0.2) is 0 Å². The second-order valence-corrected chi connectivity index (χ2v) is 15.9. The molecule has 0 saturated carbocycles. The summed E-state index contributed by atoms with van der Waals surface area (Å²) >= 11 is 0. The van der Waals surface area contributed by atoms with Crippen LogP contribution in [0.25, 0.3) is 120 Å². The molecule has 0 N–H and O–H groups in total. The van der Waals surface area contributed by atoms with Crippen LogP contribution in [0.2, 0.25) is 0 Å². The van der Waals surface area contributed by atoms with E-state index in [1.807, 2.05) is 0 Å². The van der Waals surface area contributed by atoms with Crippen LogP contribution in [0.5, 0.6) is 0 Å². The summed E-state index contributed by atoms with van der Waals surface area (Å²) in [6.07, 6.45) is 2.07. The number of rotatable bonds is 4. The maximum atomic E-state index is 5.48. The van der Waals surface area contributed by atoms with Crippen LogP contribution in [0.3, 0.4) is 0 Å². The first kappa shape index (κ1) is 33.0. The maximum absolute atomic E-state index is 5.48. The van der Waals surface area contributed by atoms with Crippen molar-refractivity contribution in [3.8, 4) is 33.6 Å². The number of benzene rings is 10. The molecule has 0 spiro atoms. The van der Waals surface area contributed by atoms with E-state index in [1.165, 1.54) is 81.8 Å². The molecular formula is C57H35N3. The molecule has 0 radical (unpaired) electrons. The van der Waals surface area contributed by atoms with Gasteiger partial charge in [-0.25, -0.2) is 0 Å². The lowest BCUT2D eigenvalue weighted by molar-refractivity contribution is 1.16. The number of hydrogen-bond donors (Lipinski definition) is 0. The molecule has 278 valence electrons. The fourth-order valence-corrected chi connectivity index (χ4v) is 10.0. The number of pyridine rings is 1. The van der Waals surface area contributed by atoms with Crippen molar-refractivity contribution in [1.29, 1.82) is 0 Å². The second kappa shape index (κ2) is 12.7. The highest BCUT2D eigenvalue weighted by molar-refractivity contribution is 6.22. The molecule has 0 aliphatic rings. The van der Waals surface area contributed by atoms with Crippen molar-refractivity contribution in [1.82, 2.24) is 14.1 Å². The Bertz CT molecular complexity index is 3540. The predicted octanol–water partition coefficient (Wildman–Crippen LogP) is 15.2. The summed E-state index contributed by atoms with van der Waals surface area (Å²) in [4.78, 5) is 5.48. The summed E-state index contributed by atoms with van der Waals surface area (Å²) < 4.78 is 4.81. The van der Waals surface area contributed by atoms with Crippen molar-refractivity contribution >= 4 is 86.8 Å². The number of aromatic nitrogens is 3. The fraction of sp³-hybridized carbons (Fsp3) is 0. The highest BCUT2D eigenvalue weighted by Gasteiger charge is 2.22. The number of para-hydroxylation sites is 4.